The number of aryl methyl sites for hydroxylation is 1. The molecule has 0 aromatic heterocycles. The van der Waals surface area contributed by atoms with Crippen LogP contribution < -0.4 is 4.74 Å². The number of hydrogen-bond acceptors (Lipinski definition) is 2. The third-order valence-electron chi connectivity index (χ3n) is 4.93. The lowest BCUT2D eigenvalue weighted by atomic mass is 9.89. The average molecular weight is 363 g/mol. The normalized spacial score (nSPS) is 11.2. The molecule has 0 amide bonds. The van der Waals surface area contributed by atoms with Crippen LogP contribution >= 0.6 is 0 Å². The molecule has 0 saturated carbocycles. The molecular weight excluding hydrogens is 324 g/mol. The van der Waals surface area contributed by atoms with Crippen molar-refractivity contribution in [2.24, 2.45) is 5.92 Å². The molecule has 3 heteroatoms. The molecule has 1 rings (SSSR count). The van der Waals surface area contributed by atoms with E-state index in [0.717, 1.165) is 63.4 Å². The summed E-state index contributed by atoms with van der Waals surface area (Å²) >= 11 is 0. The minimum absolute atomic E-state index is 0.351. The fourth-order valence-corrected chi connectivity index (χ4v) is 3.46. The summed E-state index contributed by atoms with van der Waals surface area (Å²) in [6.45, 7) is 11.5. The standard InChI is InChI=1S/C23H38O3/c1-6-9-13-18-16-21(23(24)25)22(26-15-11-12-17(4)5)20(14-10-7-2)19(18)8-3/h16-17H,6-15H2,1-5H3,(H,24,25). The molecule has 1 N–H and O–H groups in total. The van der Waals surface area contributed by atoms with Gasteiger partial charge in [0.25, 0.3) is 0 Å². The van der Waals surface area contributed by atoms with Crippen LogP contribution in [0.1, 0.15) is 100 Å². The van der Waals surface area contributed by atoms with E-state index in [1.165, 1.54) is 11.1 Å². The molecule has 0 aliphatic heterocycles. The van der Waals surface area contributed by atoms with E-state index in [1.807, 2.05) is 6.07 Å². The summed E-state index contributed by atoms with van der Waals surface area (Å²) in [5, 5.41) is 9.79. The summed E-state index contributed by atoms with van der Waals surface area (Å²) in [5.74, 6) is 0.397. The maximum absolute atomic E-state index is 11.9. The van der Waals surface area contributed by atoms with E-state index in [2.05, 4.69) is 34.6 Å². The Morgan fingerprint density at radius 1 is 1.04 bits per heavy atom. The van der Waals surface area contributed by atoms with Gasteiger partial charge in [0.2, 0.25) is 0 Å². The first-order valence-electron chi connectivity index (χ1n) is 10.5. The van der Waals surface area contributed by atoms with Gasteiger partial charge in [-0.1, -0.05) is 47.5 Å². The van der Waals surface area contributed by atoms with E-state index in [9.17, 15) is 9.90 Å². The summed E-state index contributed by atoms with van der Waals surface area (Å²) < 4.78 is 6.10. The van der Waals surface area contributed by atoms with E-state index in [1.54, 1.807) is 0 Å². The fourth-order valence-electron chi connectivity index (χ4n) is 3.46. The Morgan fingerprint density at radius 3 is 2.23 bits per heavy atom. The van der Waals surface area contributed by atoms with Crippen LogP contribution in [0.3, 0.4) is 0 Å². The number of carboxylic acids is 1. The zero-order chi connectivity index (χ0) is 19.5. The van der Waals surface area contributed by atoms with Crippen LogP contribution in [0.15, 0.2) is 6.07 Å². The van der Waals surface area contributed by atoms with Gasteiger partial charge in [0, 0.05) is 0 Å². The third-order valence-corrected chi connectivity index (χ3v) is 4.93. The Balaban J connectivity index is 3.28. The van der Waals surface area contributed by atoms with Crippen LogP contribution in [-0.2, 0) is 19.3 Å². The highest BCUT2D eigenvalue weighted by Crippen LogP contribution is 2.33. The molecule has 1 aromatic carbocycles. The maximum Gasteiger partial charge on any atom is 0.339 e. The Morgan fingerprint density at radius 2 is 1.69 bits per heavy atom. The van der Waals surface area contributed by atoms with Gasteiger partial charge in [-0.3, -0.25) is 0 Å². The smallest absolute Gasteiger partial charge is 0.339 e. The first kappa shape index (κ1) is 22.5. The van der Waals surface area contributed by atoms with Crippen LogP contribution in [0.5, 0.6) is 5.75 Å². The summed E-state index contributed by atoms with van der Waals surface area (Å²) in [6, 6.07) is 1.88. The second-order valence-corrected chi connectivity index (χ2v) is 7.62. The number of ether oxygens (including phenoxy) is 1. The van der Waals surface area contributed by atoms with Gasteiger partial charge in [-0.15, -0.1) is 0 Å². The average Bonchev–Trinajstić information content (AvgIpc) is 2.61. The third kappa shape index (κ3) is 6.66. The molecule has 3 nitrogen and oxygen atoms in total. The maximum atomic E-state index is 11.9. The van der Waals surface area contributed by atoms with Crippen molar-refractivity contribution in [2.75, 3.05) is 6.61 Å². The molecule has 0 radical (unpaired) electrons. The second-order valence-electron chi connectivity index (χ2n) is 7.62. The minimum Gasteiger partial charge on any atom is -0.492 e. The Kier molecular flexibility index (Phi) is 10.4. The van der Waals surface area contributed by atoms with Gasteiger partial charge in [-0.25, -0.2) is 4.79 Å². The van der Waals surface area contributed by atoms with E-state index in [-0.39, 0.29) is 0 Å². The van der Waals surface area contributed by atoms with Crippen molar-refractivity contribution in [3.8, 4) is 5.75 Å². The van der Waals surface area contributed by atoms with Crippen molar-refractivity contribution in [3.05, 3.63) is 28.3 Å². The lowest BCUT2D eigenvalue weighted by Crippen LogP contribution is -2.12. The first-order chi connectivity index (χ1) is 12.5. The van der Waals surface area contributed by atoms with Gasteiger partial charge in [-0.05, 0) is 73.6 Å². The Bertz CT molecular complexity index is 561. The van der Waals surface area contributed by atoms with Gasteiger partial charge in [0.1, 0.15) is 11.3 Å². The Hall–Kier alpha value is -1.51. The number of unbranched alkanes of at least 4 members (excludes halogenated alkanes) is 2. The molecule has 0 fully saturated rings. The SMILES string of the molecule is CCCCc1cc(C(=O)O)c(OCCCC(C)C)c(CCCC)c1CC. The lowest BCUT2D eigenvalue weighted by Gasteiger charge is -2.21. The summed E-state index contributed by atoms with van der Waals surface area (Å²) in [7, 11) is 0. The summed E-state index contributed by atoms with van der Waals surface area (Å²) in [6.07, 6.45) is 9.21. The van der Waals surface area contributed by atoms with Crippen LogP contribution in [-0.4, -0.2) is 17.7 Å². The van der Waals surface area contributed by atoms with Crippen molar-refractivity contribution >= 4 is 5.97 Å². The van der Waals surface area contributed by atoms with Crippen molar-refractivity contribution < 1.29 is 14.6 Å². The largest absolute Gasteiger partial charge is 0.492 e. The van der Waals surface area contributed by atoms with Crippen LogP contribution in [0, 0.1) is 5.92 Å². The Labute approximate surface area is 160 Å². The predicted molar refractivity (Wildman–Crippen MR) is 110 cm³/mol. The topological polar surface area (TPSA) is 46.5 Å². The highest BCUT2D eigenvalue weighted by atomic mass is 16.5. The number of aromatic carboxylic acids is 1. The van der Waals surface area contributed by atoms with E-state index < -0.39 is 5.97 Å². The predicted octanol–water partition coefficient (Wildman–Crippen LogP) is 6.45. The number of benzene rings is 1. The number of hydrogen-bond donors (Lipinski definition) is 1. The first-order valence-corrected chi connectivity index (χ1v) is 10.5. The number of carbonyl (C=O) groups is 1. The van der Waals surface area contributed by atoms with Crippen LogP contribution in [0.4, 0.5) is 0 Å². The quantitative estimate of drug-likeness (QED) is 0.410. The molecule has 0 aliphatic carbocycles. The van der Waals surface area contributed by atoms with E-state index in [4.69, 9.17) is 4.74 Å². The molecule has 0 heterocycles. The fraction of sp³-hybridized carbons (Fsp3) is 0.696. The van der Waals surface area contributed by atoms with Crippen LogP contribution in [0.25, 0.3) is 0 Å². The van der Waals surface area contributed by atoms with E-state index in [0.29, 0.717) is 23.8 Å². The van der Waals surface area contributed by atoms with Gasteiger partial charge in [0.15, 0.2) is 0 Å². The van der Waals surface area contributed by atoms with Gasteiger partial charge < -0.3 is 9.84 Å². The highest BCUT2D eigenvalue weighted by molar-refractivity contribution is 5.92. The van der Waals surface area contributed by atoms with Crippen LogP contribution in [0.2, 0.25) is 0 Å². The highest BCUT2D eigenvalue weighted by Gasteiger charge is 2.21. The lowest BCUT2D eigenvalue weighted by molar-refractivity contribution is 0.0691. The molecule has 0 saturated heterocycles. The zero-order valence-electron chi connectivity index (χ0n) is 17.5. The molecule has 148 valence electrons. The van der Waals surface area contributed by atoms with E-state index >= 15 is 0 Å². The molecule has 0 spiro atoms. The van der Waals surface area contributed by atoms with Crippen molar-refractivity contribution in [1.29, 1.82) is 0 Å². The number of rotatable bonds is 13. The van der Waals surface area contributed by atoms with Crippen molar-refractivity contribution in [1.82, 2.24) is 0 Å². The second kappa shape index (κ2) is 12.0. The molecule has 0 aliphatic rings. The molecule has 0 bridgehead atoms. The summed E-state index contributed by atoms with van der Waals surface area (Å²) in [4.78, 5) is 11.9. The van der Waals surface area contributed by atoms with Gasteiger partial charge in [-0.2, -0.15) is 0 Å². The molecular formula is C23H38O3. The van der Waals surface area contributed by atoms with Crippen molar-refractivity contribution in [2.45, 2.75) is 92.4 Å². The molecule has 0 unspecified atom stereocenters. The minimum atomic E-state index is -0.873. The molecule has 26 heavy (non-hydrogen) atoms. The number of carboxylic acid groups (broad SMARTS) is 1. The van der Waals surface area contributed by atoms with Gasteiger partial charge >= 0.3 is 5.97 Å². The zero-order valence-corrected chi connectivity index (χ0v) is 17.5. The van der Waals surface area contributed by atoms with Gasteiger partial charge in [0.05, 0.1) is 6.61 Å². The molecule has 0 atom stereocenters. The summed E-state index contributed by atoms with van der Waals surface area (Å²) in [5.41, 5.74) is 4.01. The molecule has 1 aromatic rings. The monoisotopic (exact) mass is 362 g/mol. The van der Waals surface area contributed by atoms with Crippen molar-refractivity contribution in [3.63, 3.8) is 0 Å².